The van der Waals surface area contributed by atoms with Gasteiger partial charge in [-0.25, -0.2) is 4.98 Å². The molecule has 0 atom stereocenters. The summed E-state index contributed by atoms with van der Waals surface area (Å²) in [6, 6.07) is 7.28. The molecule has 1 aromatic heterocycles. The molecule has 0 aromatic carbocycles. The van der Waals surface area contributed by atoms with E-state index in [0.29, 0.717) is 12.1 Å². The number of nitrogens with zero attached hydrogens (tertiary/aromatic N) is 5. The van der Waals surface area contributed by atoms with Crippen molar-refractivity contribution in [1.82, 2.24) is 20.1 Å². The highest BCUT2D eigenvalue weighted by Crippen LogP contribution is 2.12. The van der Waals surface area contributed by atoms with Crippen molar-refractivity contribution in [2.75, 3.05) is 51.2 Å². The van der Waals surface area contributed by atoms with Crippen molar-refractivity contribution in [1.29, 1.82) is 0 Å². The third-order valence-electron chi connectivity index (χ3n) is 4.97. The van der Waals surface area contributed by atoms with Gasteiger partial charge in [-0.05, 0) is 46.2 Å². The SMILES string of the molecule is CN=C(NCCCN(C(C)C)C(C)C)N1CCN(c2ccccn2)CC1.I. The molecule has 1 N–H and O–H groups in total. The minimum Gasteiger partial charge on any atom is -0.356 e. The Morgan fingerprint density at radius 3 is 2.33 bits per heavy atom. The molecule has 0 spiro atoms. The highest BCUT2D eigenvalue weighted by molar-refractivity contribution is 14.0. The van der Waals surface area contributed by atoms with Crippen molar-refractivity contribution < 1.29 is 0 Å². The fourth-order valence-corrected chi connectivity index (χ4v) is 3.59. The van der Waals surface area contributed by atoms with Gasteiger partial charge < -0.3 is 15.1 Å². The van der Waals surface area contributed by atoms with Gasteiger partial charge in [-0.15, -0.1) is 24.0 Å². The summed E-state index contributed by atoms with van der Waals surface area (Å²) in [4.78, 5) is 16.2. The predicted octanol–water partition coefficient (Wildman–Crippen LogP) is 2.91. The van der Waals surface area contributed by atoms with E-state index in [2.05, 4.69) is 63.8 Å². The molecule has 1 aromatic rings. The summed E-state index contributed by atoms with van der Waals surface area (Å²) in [7, 11) is 1.88. The lowest BCUT2D eigenvalue weighted by atomic mass is 10.2. The minimum atomic E-state index is 0. The summed E-state index contributed by atoms with van der Waals surface area (Å²) in [6.45, 7) is 15.1. The van der Waals surface area contributed by atoms with Gasteiger partial charge in [-0.3, -0.25) is 9.89 Å². The van der Waals surface area contributed by atoms with E-state index in [0.717, 1.165) is 57.5 Å². The van der Waals surface area contributed by atoms with Crippen LogP contribution in [0.25, 0.3) is 0 Å². The van der Waals surface area contributed by atoms with Gasteiger partial charge in [0.1, 0.15) is 5.82 Å². The molecule has 0 unspecified atom stereocenters. The molecule has 0 bridgehead atoms. The molecule has 0 aliphatic carbocycles. The van der Waals surface area contributed by atoms with E-state index in [-0.39, 0.29) is 24.0 Å². The number of guanidine groups is 1. The number of anilines is 1. The Balaban J connectivity index is 0.00000364. The van der Waals surface area contributed by atoms with Crippen LogP contribution in [-0.2, 0) is 0 Å². The Morgan fingerprint density at radius 1 is 1.15 bits per heavy atom. The van der Waals surface area contributed by atoms with Crippen molar-refractivity contribution >= 4 is 35.8 Å². The molecule has 6 nitrogen and oxygen atoms in total. The lowest BCUT2D eigenvalue weighted by molar-refractivity contribution is 0.173. The maximum atomic E-state index is 4.48. The van der Waals surface area contributed by atoms with Crippen LogP contribution >= 0.6 is 24.0 Å². The zero-order valence-electron chi connectivity index (χ0n) is 17.6. The lowest BCUT2D eigenvalue weighted by Gasteiger charge is -2.37. The van der Waals surface area contributed by atoms with E-state index in [1.165, 1.54) is 0 Å². The molecule has 154 valence electrons. The Labute approximate surface area is 182 Å². The van der Waals surface area contributed by atoms with Gasteiger partial charge in [0.05, 0.1) is 0 Å². The van der Waals surface area contributed by atoms with E-state index in [1.807, 2.05) is 25.4 Å². The fourth-order valence-electron chi connectivity index (χ4n) is 3.59. The standard InChI is InChI=1S/C20H36N6.HI/c1-17(2)26(18(3)4)12-8-11-23-20(21-5)25-15-13-24(14-16-25)19-9-6-7-10-22-19;/h6-7,9-10,17-18H,8,11-16H2,1-5H3,(H,21,23);1H. The first kappa shape index (κ1) is 23.9. The minimum absolute atomic E-state index is 0. The van der Waals surface area contributed by atoms with Gasteiger partial charge >= 0.3 is 0 Å². The number of hydrogen-bond acceptors (Lipinski definition) is 4. The molecule has 7 heteroatoms. The maximum Gasteiger partial charge on any atom is 0.193 e. The summed E-state index contributed by atoms with van der Waals surface area (Å²) >= 11 is 0. The van der Waals surface area contributed by atoms with Crippen LogP contribution in [0, 0.1) is 0 Å². The van der Waals surface area contributed by atoms with Gasteiger partial charge in [0.15, 0.2) is 5.96 Å². The summed E-state index contributed by atoms with van der Waals surface area (Å²) in [5, 5.41) is 3.54. The van der Waals surface area contributed by atoms with Gasteiger partial charge in [-0.1, -0.05) is 6.07 Å². The summed E-state index contributed by atoms with van der Waals surface area (Å²) in [6.07, 6.45) is 2.99. The van der Waals surface area contributed by atoms with Crippen LogP contribution in [0.2, 0.25) is 0 Å². The highest BCUT2D eigenvalue weighted by atomic mass is 127. The molecular weight excluding hydrogens is 451 g/mol. The Morgan fingerprint density at radius 2 is 1.81 bits per heavy atom. The second-order valence-corrected chi connectivity index (χ2v) is 7.41. The van der Waals surface area contributed by atoms with Crippen LogP contribution in [0.3, 0.4) is 0 Å². The van der Waals surface area contributed by atoms with E-state index in [1.54, 1.807) is 0 Å². The number of nitrogens with one attached hydrogen (secondary N) is 1. The monoisotopic (exact) mass is 488 g/mol. The van der Waals surface area contributed by atoms with Gasteiger partial charge in [0.25, 0.3) is 0 Å². The largest absolute Gasteiger partial charge is 0.356 e. The fraction of sp³-hybridized carbons (Fsp3) is 0.700. The quantitative estimate of drug-likeness (QED) is 0.277. The molecule has 0 amide bonds. The number of piperazine rings is 1. The van der Waals surface area contributed by atoms with Crippen molar-refractivity contribution in [3.05, 3.63) is 24.4 Å². The summed E-state index contributed by atoms with van der Waals surface area (Å²) < 4.78 is 0. The van der Waals surface area contributed by atoms with Crippen LogP contribution in [0.15, 0.2) is 29.4 Å². The molecule has 27 heavy (non-hydrogen) atoms. The smallest absolute Gasteiger partial charge is 0.193 e. The number of rotatable bonds is 7. The molecule has 1 aliphatic heterocycles. The first-order valence-corrected chi connectivity index (χ1v) is 9.90. The molecule has 1 saturated heterocycles. The van der Waals surface area contributed by atoms with E-state index in [4.69, 9.17) is 0 Å². The van der Waals surface area contributed by atoms with Crippen LogP contribution in [0.5, 0.6) is 0 Å². The molecule has 0 saturated carbocycles. The van der Waals surface area contributed by atoms with Crippen LogP contribution in [0.1, 0.15) is 34.1 Å². The van der Waals surface area contributed by atoms with E-state index >= 15 is 0 Å². The second kappa shape index (κ2) is 12.4. The highest BCUT2D eigenvalue weighted by Gasteiger charge is 2.20. The topological polar surface area (TPSA) is 47.0 Å². The average Bonchev–Trinajstić information content (AvgIpc) is 2.65. The van der Waals surface area contributed by atoms with Crippen molar-refractivity contribution in [2.24, 2.45) is 4.99 Å². The maximum absolute atomic E-state index is 4.48. The van der Waals surface area contributed by atoms with Crippen LogP contribution in [-0.4, -0.2) is 79.1 Å². The molecule has 2 rings (SSSR count). The van der Waals surface area contributed by atoms with Crippen molar-refractivity contribution in [3.63, 3.8) is 0 Å². The number of hydrogen-bond donors (Lipinski definition) is 1. The zero-order valence-corrected chi connectivity index (χ0v) is 19.9. The number of halogens is 1. The summed E-state index contributed by atoms with van der Waals surface area (Å²) in [5.41, 5.74) is 0. The Kier molecular flexibility index (Phi) is 11.0. The van der Waals surface area contributed by atoms with Gasteiger partial charge in [0, 0.05) is 64.6 Å². The number of pyridine rings is 1. The molecular formula is C20H37IN6. The van der Waals surface area contributed by atoms with Crippen LogP contribution < -0.4 is 10.2 Å². The van der Waals surface area contributed by atoms with E-state index < -0.39 is 0 Å². The van der Waals surface area contributed by atoms with Crippen molar-refractivity contribution in [2.45, 2.75) is 46.2 Å². The van der Waals surface area contributed by atoms with Gasteiger partial charge in [-0.2, -0.15) is 0 Å². The first-order valence-electron chi connectivity index (χ1n) is 9.90. The third kappa shape index (κ3) is 7.44. The number of aliphatic imine (C=N–C) groups is 1. The average molecular weight is 488 g/mol. The molecule has 1 fully saturated rings. The third-order valence-corrected chi connectivity index (χ3v) is 4.97. The molecule has 0 radical (unpaired) electrons. The molecule has 1 aliphatic rings. The normalized spacial score (nSPS) is 15.5. The second-order valence-electron chi connectivity index (χ2n) is 7.41. The predicted molar refractivity (Wildman–Crippen MR) is 126 cm³/mol. The van der Waals surface area contributed by atoms with Crippen molar-refractivity contribution in [3.8, 4) is 0 Å². The Bertz CT molecular complexity index is 533. The number of aromatic nitrogens is 1. The Hall–Kier alpha value is -1.09. The van der Waals surface area contributed by atoms with Gasteiger partial charge in [0.2, 0.25) is 0 Å². The molecule has 2 heterocycles. The first-order chi connectivity index (χ1) is 12.5. The van der Waals surface area contributed by atoms with Crippen LogP contribution in [0.4, 0.5) is 5.82 Å². The van der Waals surface area contributed by atoms with E-state index in [9.17, 15) is 0 Å². The lowest BCUT2D eigenvalue weighted by Crippen LogP contribution is -2.53. The summed E-state index contributed by atoms with van der Waals surface area (Å²) in [5.74, 6) is 2.09. The zero-order chi connectivity index (χ0) is 18.9.